The van der Waals surface area contributed by atoms with Gasteiger partial charge in [-0.05, 0) is 107 Å². The van der Waals surface area contributed by atoms with Crippen molar-refractivity contribution in [1.29, 1.82) is 5.26 Å². The number of alkyl halides is 2. The van der Waals surface area contributed by atoms with Gasteiger partial charge in [0.2, 0.25) is 29.5 Å². The highest BCUT2D eigenvalue weighted by Crippen LogP contribution is 2.32. The first-order chi connectivity index (χ1) is 43.1. The Morgan fingerprint density at radius 2 is 1.32 bits per heavy atom. The van der Waals surface area contributed by atoms with Gasteiger partial charge in [-0.25, -0.2) is 8.78 Å². The molecule has 3 aliphatic rings. The van der Waals surface area contributed by atoms with Crippen LogP contribution in [0.3, 0.4) is 0 Å². The van der Waals surface area contributed by atoms with E-state index in [-0.39, 0.29) is 103 Å². The van der Waals surface area contributed by atoms with Gasteiger partial charge in [0.1, 0.15) is 24.1 Å². The van der Waals surface area contributed by atoms with E-state index in [2.05, 4.69) is 26.3 Å². The minimum absolute atomic E-state index is 0.0757. The van der Waals surface area contributed by atoms with E-state index < -0.39 is 79.4 Å². The lowest BCUT2D eigenvalue weighted by molar-refractivity contribution is -0.140. The summed E-state index contributed by atoms with van der Waals surface area (Å²) in [6.07, 6.45) is 7.40. The number of aryl methyl sites for hydroxylation is 2. The van der Waals surface area contributed by atoms with E-state index in [0.717, 1.165) is 48.1 Å². The topological polar surface area (TPSA) is 331 Å². The molecule has 3 fully saturated rings. The number of nitrogens with zero attached hydrogens (tertiary/aromatic N) is 8. The number of benzene rings is 2. The zero-order valence-electron chi connectivity index (χ0n) is 51.6. The highest BCUT2D eigenvalue weighted by molar-refractivity contribution is 5.88. The number of aromatic nitrogens is 1. The number of amides is 5. The Bertz CT molecular complexity index is 2860. The fourth-order valence-electron chi connectivity index (χ4n) is 11.5. The van der Waals surface area contributed by atoms with Crippen molar-refractivity contribution in [3.8, 4) is 11.8 Å². The number of halogens is 2. The van der Waals surface area contributed by atoms with Gasteiger partial charge in [-0.3, -0.25) is 68.3 Å². The van der Waals surface area contributed by atoms with Crippen LogP contribution in [0.2, 0.25) is 0 Å². The Morgan fingerprint density at radius 3 is 1.93 bits per heavy atom. The number of nitrogens with one attached hydrogen (secondary N) is 4. The normalized spacial score (nSPS) is 18.1. The second-order valence-corrected chi connectivity index (χ2v) is 23.7. The van der Waals surface area contributed by atoms with Gasteiger partial charge in [0.25, 0.3) is 5.92 Å². The highest BCUT2D eigenvalue weighted by Gasteiger charge is 2.47. The molecule has 3 aromatic rings. The number of carbonyl (C=O) groups is 8. The molecule has 6 rings (SSSR count). The van der Waals surface area contributed by atoms with Crippen LogP contribution < -0.4 is 26.0 Å². The molecule has 0 bridgehead atoms. The molecule has 0 aliphatic carbocycles. The average Bonchev–Trinajstić information content (AvgIpc) is 1.41. The van der Waals surface area contributed by atoms with Crippen molar-refractivity contribution in [2.24, 2.45) is 5.92 Å². The van der Waals surface area contributed by atoms with E-state index in [1.54, 1.807) is 49.9 Å². The maximum atomic E-state index is 13.9. The number of ether oxygens (including phenoxy) is 1. The minimum Gasteiger partial charge on any atom is -0.494 e. The summed E-state index contributed by atoms with van der Waals surface area (Å²) < 4.78 is 33.9. The maximum absolute atomic E-state index is 13.9. The monoisotopic (exact) mass is 1260 g/mol. The van der Waals surface area contributed by atoms with Crippen molar-refractivity contribution in [1.82, 2.24) is 55.7 Å². The van der Waals surface area contributed by atoms with Gasteiger partial charge in [-0.15, -0.1) is 0 Å². The summed E-state index contributed by atoms with van der Waals surface area (Å²) in [5, 5.41) is 61.1. The molecule has 8 N–H and O–H groups in total. The van der Waals surface area contributed by atoms with Gasteiger partial charge in [0.15, 0.2) is 0 Å². The SMILES string of the molecule is Cc1ccc(CCCC(=O)NCCC[C@H](NC(=O)CN2CCN(CC(=O)O)CCN(CC(=O)O)CCN(CC(=O)O)CC2)C(=O)NCCCCCC(=O)N2CCC(CCCOc3ccc4nccc(C(O)NCC(=O)N5CC(F)(F)C[C@@H]5C#N)c4c3)CC2)cc1. The Balaban J connectivity index is 0.921. The van der Waals surface area contributed by atoms with E-state index in [1.807, 2.05) is 36.1 Å². The third-order valence-corrected chi connectivity index (χ3v) is 16.6. The smallest absolute Gasteiger partial charge is 0.317 e. The van der Waals surface area contributed by atoms with Gasteiger partial charge in [-0.2, -0.15) is 5.26 Å². The number of likely N-dealkylation sites (tertiary alicyclic amines) is 2. The van der Waals surface area contributed by atoms with Crippen molar-refractivity contribution in [3.63, 3.8) is 0 Å². The summed E-state index contributed by atoms with van der Waals surface area (Å²) in [5.41, 5.74) is 3.28. The average molecular weight is 1260 g/mol. The predicted molar refractivity (Wildman–Crippen MR) is 328 cm³/mol. The maximum Gasteiger partial charge on any atom is 0.317 e. The largest absolute Gasteiger partial charge is 0.494 e. The molecule has 3 saturated heterocycles. The molecular formula is C63H90F2N12O13. The van der Waals surface area contributed by atoms with E-state index >= 15 is 0 Å². The molecule has 4 heterocycles. The molecule has 5 amide bonds. The van der Waals surface area contributed by atoms with Crippen molar-refractivity contribution >= 4 is 58.3 Å². The van der Waals surface area contributed by atoms with Crippen LogP contribution in [0, 0.1) is 24.2 Å². The molecule has 1 aromatic heterocycles. The number of carboxylic acids is 3. The Morgan fingerprint density at radius 1 is 0.711 bits per heavy atom. The van der Waals surface area contributed by atoms with Gasteiger partial charge in [-0.1, -0.05) is 36.2 Å². The molecule has 1 unspecified atom stereocenters. The number of piperidine rings is 1. The predicted octanol–water partition coefficient (Wildman–Crippen LogP) is 2.84. The summed E-state index contributed by atoms with van der Waals surface area (Å²) >= 11 is 0. The number of aliphatic hydroxyl groups is 1. The van der Waals surface area contributed by atoms with Crippen LogP contribution in [0.5, 0.6) is 5.75 Å². The number of hydrogen-bond donors (Lipinski definition) is 8. The molecule has 25 nitrogen and oxygen atoms in total. The zero-order chi connectivity index (χ0) is 65.0. The third-order valence-electron chi connectivity index (χ3n) is 16.6. The van der Waals surface area contributed by atoms with Crippen LogP contribution in [0.15, 0.2) is 54.7 Å². The van der Waals surface area contributed by atoms with Crippen LogP contribution in [-0.2, 0) is 44.8 Å². The van der Waals surface area contributed by atoms with E-state index in [9.17, 15) is 72.8 Å². The molecule has 0 spiro atoms. The van der Waals surface area contributed by atoms with Crippen LogP contribution >= 0.6 is 0 Å². The number of pyridine rings is 1. The van der Waals surface area contributed by atoms with Crippen LogP contribution in [0.1, 0.15) is 106 Å². The standard InChI is InChI=1S/C63H90F2N12O13/c1-45-13-15-46(16-14-45)8-5-11-54(78)68-23-6-10-53(71-55(79)40-72-27-29-73(41-58(82)83)31-33-75(43-60(86)87)34-32-74(30-28-72)42-59(84)85)62(89)69-22-4-2-3-12-56(80)76-25-20-47(21-26-76)9-7-35-90-49-17-18-52-51(36-49)50(19-24-67-52)61(88)70-39-57(81)77-44-63(64,65)37-48(77)38-66/h13-19,24,36,47-48,53,61,70,88H,2-12,20-23,25-35,37,39-44H2,1H3,(H,68,78)(H,69,89)(H,71,79)(H,82,83)(H,84,85)(H,86,87)/t48-,53+,61?/m1/s1. The molecule has 0 saturated carbocycles. The third kappa shape index (κ3) is 25.4. The molecule has 3 aliphatic heterocycles. The molecule has 494 valence electrons. The number of hydrogen-bond acceptors (Lipinski definition) is 17. The first-order valence-corrected chi connectivity index (χ1v) is 31.3. The van der Waals surface area contributed by atoms with Crippen molar-refractivity contribution in [3.05, 3.63) is 71.4 Å². The van der Waals surface area contributed by atoms with Crippen LogP contribution in [0.25, 0.3) is 10.9 Å². The fraction of sp³-hybridized carbons (Fsp3) is 0.619. The molecular weight excluding hydrogens is 1170 g/mol. The second kappa shape index (κ2) is 37.0. The first-order valence-electron chi connectivity index (χ1n) is 31.3. The number of carbonyl (C=O) groups excluding carboxylic acids is 5. The number of aliphatic carboxylic acids is 3. The molecule has 0 radical (unpaired) electrons. The summed E-state index contributed by atoms with van der Waals surface area (Å²) in [6.45, 7) is 3.61. The number of unbranched alkanes of at least 4 members (excludes halogenated alkanes) is 2. The van der Waals surface area contributed by atoms with Crippen LogP contribution in [-0.4, -0.2) is 245 Å². The Hall–Kier alpha value is -7.48. The Kier molecular flexibility index (Phi) is 29.4. The number of rotatable bonds is 33. The van der Waals surface area contributed by atoms with Gasteiger partial charge in [0.05, 0.1) is 57.5 Å². The lowest BCUT2D eigenvalue weighted by atomic mass is 9.92. The minimum atomic E-state index is -3.15. The summed E-state index contributed by atoms with van der Waals surface area (Å²) in [6, 6.07) is 14.6. The van der Waals surface area contributed by atoms with Crippen molar-refractivity contribution in [2.75, 3.05) is 124 Å². The number of aliphatic hydroxyl groups excluding tert-OH is 1. The first kappa shape index (κ1) is 71.6. The van der Waals surface area contributed by atoms with Gasteiger partial charge >= 0.3 is 17.9 Å². The van der Waals surface area contributed by atoms with E-state index in [4.69, 9.17) is 4.74 Å². The lowest BCUT2D eigenvalue weighted by Gasteiger charge is -2.33. The van der Waals surface area contributed by atoms with Crippen molar-refractivity contribution < 1.29 is 72.3 Å². The summed E-state index contributed by atoms with van der Waals surface area (Å²) in [7, 11) is 0. The fourth-order valence-corrected chi connectivity index (χ4v) is 11.5. The number of carboxylic acid groups (broad SMARTS) is 3. The quantitative estimate of drug-likeness (QED) is 0.0321. The van der Waals surface area contributed by atoms with Crippen molar-refractivity contribution in [2.45, 2.75) is 121 Å². The zero-order valence-corrected chi connectivity index (χ0v) is 51.6. The van der Waals surface area contributed by atoms with Gasteiger partial charge in [0, 0.05) is 115 Å². The number of nitriles is 1. The highest BCUT2D eigenvalue weighted by atomic mass is 19.3. The second-order valence-electron chi connectivity index (χ2n) is 23.7. The summed E-state index contributed by atoms with van der Waals surface area (Å²) in [4.78, 5) is 116. The molecule has 2 aromatic carbocycles. The van der Waals surface area contributed by atoms with Gasteiger partial charge < -0.3 is 50.9 Å². The van der Waals surface area contributed by atoms with Crippen LogP contribution in [0.4, 0.5) is 8.78 Å². The summed E-state index contributed by atoms with van der Waals surface area (Å²) in [5.74, 6) is -7.06. The molecule has 90 heavy (non-hydrogen) atoms. The lowest BCUT2D eigenvalue weighted by Crippen LogP contribution is -2.52. The Labute approximate surface area is 524 Å². The molecule has 3 atom stereocenters. The van der Waals surface area contributed by atoms with E-state index in [1.165, 1.54) is 6.20 Å². The van der Waals surface area contributed by atoms with E-state index in [0.29, 0.717) is 99.3 Å². The molecule has 27 heteroatoms. The number of fused-ring (bicyclic) bond motifs is 1.